The van der Waals surface area contributed by atoms with E-state index in [1.165, 1.54) is 16.7 Å². The van der Waals surface area contributed by atoms with E-state index in [-0.39, 0.29) is 5.56 Å². The van der Waals surface area contributed by atoms with Crippen LogP contribution in [0, 0.1) is 0 Å². The molecule has 0 unspecified atom stereocenters. The predicted octanol–water partition coefficient (Wildman–Crippen LogP) is 4.90. The molecular formula is C26H27ClN2O3. The molecule has 0 saturated carbocycles. The van der Waals surface area contributed by atoms with Crippen molar-refractivity contribution in [1.29, 1.82) is 0 Å². The molecule has 1 fully saturated rings. The SMILES string of the molecule is O=C(O)c1ccccc1OCCN1CCN(Cc2ccccc2-c2ccc(Cl)cc2)CC1. The van der Waals surface area contributed by atoms with Crippen molar-refractivity contribution >= 4 is 17.6 Å². The number of ether oxygens (including phenoxy) is 1. The molecule has 1 heterocycles. The van der Waals surface area contributed by atoms with Gasteiger partial charge in [-0.2, -0.15) is 0 Å². The van der Waals surface area contributed by atoms with E-state index in [4.69, 9.17) is 16.3 Å². The minimum absolute atomic E-state index is 0.205. The van der Waals surface area contributed by atoms with Gasteiger partial charge in [-0.25, -0.2) is 4.79 Å². The Morgan fingerprint density at radius 1 is 0.875 bits per heavy atom. The van der Waals surface area contributed by atoms with Crippen LogP contribution in [0.5, 0.6) is 5.75 Å². The molecule has 1 saturated heterocycles. The maximum atomic E-state index is 11.3. The fourth-order valence-electron chi connectivity index (χ4n) is 4.04. The number of aromatic carboxylic acids is 1. The van der Waals surface area contributed by atoms with E-state index in [2.05, 4.69) is 46.2 Å². The number of piperazine rings is 1. The molecule has 0 aliphatic carbocycles. The smallest absolute Gasteiger partial charge is 0.339 e. The first-order valence-corrected chi connectivity index (χ1v) is 11.2. The minimum Gasteiger partial charge on any atom is -0.491 e. The zero-order valence-corrected chi connectivity index (χ0v) is 18.7. The van der Waals surface area contributed by atoms with Gasteiger partial charge in [0.15, 0.2) is 0 Å². The number of benzene rings is 3. The maximum absolute atomic E-state index is 11.3. The summed E-state index contributed by atoms with van der Waals surface area (Å²) in [5.74, 6) is -0.537. The second-order valence-electron chi connectivity index (χ2n) is 7.93. The minimum atomic E-state index is -0.965. The average Bonchev–Trinajstić information content (AvgIpc) is 2.81. The molecule has 0 spiro atoms. The molecule has 4 rings (SSSR count). The number of hydrogen-bond donors (Lipinski definition) is 1. The monoisotopic (exact) mass is 450 g/mol. The molecule has 0 bridgehead atoms. The fourth-order valence-corrected chi connectivity index (χ4v) is 4.16. The number of carboxylic acid groups (broad SMARTS) is 1. The van der Waals surface area contributed by atoms with Crippen LogP contribution in [0.25, 0.3) is 11.1 Å². The van der Waals surface area contributed by atoms with Crippen molar-refractivity contribution in [3.8, 4) is 16.9 Å². The van der Waals surface area contributed by atoms with Gasteiger partial charge in [0, 0.05) is 44.3 Å². The molecule has 1 aliphatic rings. The van der Waals surface area contributed by atoms with Crippen LogP contribution < -0.4 is 4.74 Å². The van der Waals surface area contributed by atoms with Crippen molar-refractivity contribution in [3.63, 3.8) is 0 Å². The number of nitrogens with zero attached hydrogens (tertiary/aromatic N) is 2. The van der Waals surface area contributed by atoms with E-state index in [1.807, 2.05) is 12.1 Å². The lowest BCUT2D eigenvalue weighted by Gasteiger charge is -2.35. The Kier molecular flexibility index (Phi) is 7.43. The second kappa shape index (κ2) is 10.6. The predicted molar refractivity (Wildman–Crippen MR) is 128 cm³/mol. The van der Waals surface area contributed by atoms with Crippen molar-refractivity contribution < 1.29 is 14.6 Å². The molecule has 5 nitrogen and oxygen atoms in total. The summed E-state index contributed by atoms with van der Waals surface area (Å²) in [6.07, 6.45) is 0. The average molecular weight is 451 g/mol. The number of halogens is 1. The summed E-state index contributed by atoms with van der Waals surface area (Å²) in [6.45, 7) is 6.07. The van der Waals surface area contributed by atoms with Crippen molar-refractivity contribution in [2.45, 2.75) is 6.54 Å². The lowest BCUT2D eigenvalue weighted by atomic mass is 9.99. The quantitative estimate of drug-likeness (QED) is 0.529. The number of hydrogen-bond acceptors (Lipinski definition) is 4. The van der Waals surface area contributed by atoms with Gasteiger partial charge in [0.2, 0.25) is 0 Å². The Hall–Kier alpha value is -2.86. The molecule has 0 atom stereocenters. The highest BCUT2D eigenvalue weighted by Gasteiger charge is 2.18. The van der Waals surface area contributed by atoms with Gasteiger partial charge in [-0.15, -0.1) is 0 Å². The van der Waals surface area contributed by atoms with Crippen molar-refractivity contribution in [2.75, 3.05) is 39.3 Å². The largest absolute Gasteiger partial charge is 0.491 e. The summed E-state index contributed by atoms with van der Waals surface area (Å²) < 4.78 is 5.75. The van der Waals surface area contributed by atoms with E-state index in [9.17, 15) is 9.90 Å². The molecule has 166 valence electrons. The van der Waals surface area contributed by atoms with Crippen molar-refractivity contribution in [2.24, 2.45) is 0 Å². The lowest BCUT2D eigenvalue weighted by molar-refractivity contribution is 0.0690. The Morgan fingerprint density at radius 2 is 1.53 bits per heavy atom. The highest BCUT2D eigenvalue weighted by Crippen LogP contribution is 2.26. The molecule has 6 heteroatoms. The lowest BCUT2D eigenvalue weighted by Crippen LogP contribution is -2.47. The molecular weight excluding hydrogens is 424 g/mol. The van der Waals surface area contributed by atoms with Gasteiger partial charge < -0.3 is 9.84 Å². The van der Waals surface area contributed by atoms with Gasteiger partial charge in [-0.05, 0) is 41.0 Å². The molecule has 3 aromatic carbocycles. The van der Waals surface area contributed by atoms with Crippen LogP contribution in [0.2, 0.25) is 5.02 Å². The summed E-state index contributed by atoms with van der Waals surface area (Å²) in [7, 11) is 0. The van der Waals surface area contributed by atoms with Crippen LogP contribution in [0.3, 0.4) is 0 Å². The number of rotatable bonds is 8. The normalized spacial score (nSPS) is 14.9. The van der Waals surface area contributed by atoms with Crippen LogP contribution in [0.4, 0.5) is 0 Å². The Labute approximate surface area is 193 Å². The van der Waals surface area contributed by atoms with Crippen LogP contribution in [-0.4, -0.2) is 60.2 Å². The highest BCUT2D eigenvalue weighted by atomic mass is 35.5. The van der Waals surface area contributed by atoms with Gasteiger partial charge >= 0.3 is 5.97 Å². The number of para-hydroxylation sites is 1. The fraction of sp³-hybridized carbons (Fsp3) is 0.269. The molecule has 0 amide bonds. The zero-order chi connectivity index (χ0) is 22.3. The van der Waals surface area contributed by atoms with Crippen LogP contribution >= 0.6 is 11.6 Å². The van der Waals surface area contributed by atoms with Gasteiger partial charge in [-0.3, -0.25) is 9.80 Å². The Morgan fingerprint density at radius 3 is 2.28 bits per heavy atom. The summed E-state index contributed by atoms with van der Waals surface area (Å²) in [6, 6.07) is 23.3. The molecule has 3 aromatic rings. The van der Waals surface area contributed by atoms with Crippen LogP contribution in [0.1, 0.15) is 15.9 Å². The second-order valence-corrected chi connectivity index (χ2v) is 8.37. The van der Waals surface area contributed by atoms with E-state index < -0.39 is 5.97 Å². The molecule has 1 aliphatic heterocycles. The highest BCUT2D eigenvalue weighted by molar-refractivity contribution is 6.30. The van der Waals surface area contributed by atoms with Crippen LogP contribution in [0.15, 0.2) is 72.8 Å². The van der Waals surface area contributed by atoms with E-state index >= 15 is 0 Å². The Bertz CT molecular complexity index is 1050. The van der Waals surface area contributed by atoms with E-state index in [1.54, 1.807) is 24.3 Å². The third kappa shape index (κ3) is 5.68. The summed E-state index contributed by atoms with van der Waals surface area (Å²) in [5.41, 5.74) is 3.95. The molecule has 1 N–H and O–H groups in total. The third-order valence-corrected chi connectivity index (χ3v) is 6.07. The summed E-state index contributed by atoms with van der Waals surface area (Å²) in [5, 5.41) is 10.0. The van der Waals surface area contributed by atoms with Gasteiger partial charge in [0.25, 0.3) is 0 Å². The summed E-state index contributed by atoms with van der Waals surface area (Å²) >= 11 is 6.05. The molecule has 0 radical (unpaired) electrons. The van der Waals surface area contributed by atoms with Crippen LogP contribution in [-0.2, 0) is 6.54 Å². The molecule has 32 heavy (non-hydrogen) atoms. The zero-order valence-electron chi connectivity index (χ0n) is 17.9. The number of carbonyl (C=O) groups is 1. The van der Waals surface area contributed by atoms with Crippen molar-refractivity contribution in [1.82, 2.24) is 9.80 Å². The standard InChI is InChI=1S/C26H27ClN2O3/c27-22-11-9-20(10-12-22)23-6-2-1-5-21(23)19-29-15-13-28(14-16-29)17-18-32-25-8-4-3-7-24(25)26(30)31/h1-12H,13-19H2,(H,30,31). The van der Waals surface area contributed by atoms with Gasteiger partial charge in [0.1, 0.15) is 17.9 Å². The van der Waals surface area contributed by atoms with Gasteiger partial charge in [0.05, 0.1) is 0 Å². The summed E-state index contributed by atoms with van der Waals surface area (Å²) in [4.78, 5) is 16.1. The Balaban J connectivity index is 1.28. The van der Waals surface area contributed by atoms with E-state index in [0.29, 0.717) is 12.4 Å². The topological polar surface area (TPSA) is 53.0 Å². The maximum Gasteiger partial charge on any atom is 0.339 e. The number of carboxylic acids is 1. The third-order valence-electron chi connectivity index (χ3n) is 5.81. The van der Waals surface area contributed by atoms with E-state index in [0.717, 1.165) is 44.3 Å². The first-order valence-electron chi connectivity index (χ1n) is 10.8. The molecule has 0 aromatic heterocycles. The first kappa shape index (κ1) is 22.3. The first-order chi connectivity index (χ1) is 15.6. The van der Waals surface area contributed by atoms with Gasteiger partial charge in [-0.1, -0.05) is 60.1 Å². The van der Waals surface area contributed by atoms with Crippen molar-refractivity contribution in [3.05, 3.63) is 88.9 Å².